The molecule has 1 aromatic heterocycles. The van der Waals surface area contributed by atoms with Gasteiger partial charge >= 0.3 is 5.97 Å². The third kappa shape index (κ3) is 4.87. The summed E-state index contributed by atoms with van der Waals surface area (Å²) in [6, 6.07) is 19.9. The zero-order valence-corrected chi connectivity index (χ0v) is 20.0. The number of ether oxygens (including phenoxy) is 1. The Balaban J connectivity index is 1.60. The van der Waals surface area contributed by atoms with E-state index in [9.17, 15) is 14.4 Å². The fraction of sp³-hybridized carbons (Fsp3) is 0.207. The Kier molecular flexibility index (Phi) is 7.11. The number of anilines is 1. The van der Waals surface area contributed by atoms with Gasteiger partial charge in [-0.1, -0.05) is 68.4 Å². The lowest BCUT2D eigenvalue weighted by molar-refractivity contribution is -0.119. The molecule has 4 aromatic rings. The molecule has 0 atom stereocenters. The molecule has 35 heavy (non-hydrogen) atoms. The zero-order valence-electron chi connectivity index (χ0n) is 20.0. The molecule has 0 spiro atoms. The summed E-state index contributed by atoms with van der Waals surface area (Å²) in [7, 11) is 0. The molecular formula is C29H27NO5. The largest absolute Gasteiger partial charge is 0.455 e. The van der Waals surface area contributed by atoms with Gasteiger partial charge in [0, 0.05) is 16.8 Å². The van der Waals surface area contributed by atoms with Gasteiger partial charge in [0.2, 0.25) is 0 Å². The first kappa shape index (κ1) is 24.0. The van der Waals surface area contributed by atoms with Crippen LogP contribution < -0.4 is 10.7 Å². The molecular weight excluding hydrogens is 442 g/mol. The molecule has 1 heterocycles. The maximum absolute atomic E-state index is 13.0. The molecule has 0 aliphatic rings. The number of esters is 1. The number of hydrogen-bond donors (Lipinski definition) is 1. The number of aryl methyl sites for hydroxylation is 2. The molecule has 4 rings (SSSR count). The Labute approximate surface area is 203 Å². The van der Waals surface area contributed by atoms with Crippen LogP contribution in [-0.2, 0) is 22.4 Å². The average molecular weight is 470 g/mol. The van der Waals surface area contributed by atoms with Crippen molar-refractivity contribution in [2.75, 3.05) is 11.9 Å². The highest BCUT2D eigenvalue weighted by Crippen LogP contribution is 2.28. The molecule has 6 nitrogen and oxygen atoms in total. The topological polar surface area (TPSA) is 85.6 Å². The van der Waals surface area contributed by atoms with E-state index in [0.717, 1.165) is 35.2 Å². The van der Waals surface area contributed by atoms with Crippen LogP contribution in [0, 0.1) is 6.92 Å². The van der Waals surface area contributed by atoms with Crippen molar-refractivity contribution < 1.29 is 18.7 Å². The van der Waals surface area contributed by atoms with Crippen molar-refractivity contribution in [3.63, 3.8) is 0 Å². The van der Waals surface area contributed by atoms with Crippen LogP contribution in [0.15, 0.2) is 75.9 Å². The molecule has 6 heteroatoms. The molecule has 0 radical (unpaired) electrons. The van der Waals surface area contributed by atoms with E-state index in [-0.39, 0.29) is 22.0 Å². The van der Waals surface area contributed by atoms with Gasteiger partial charge in [-0.2, -0.15) is 0 Å². The smallest absolute Gasteiger partial charge is 0.342 e. The average Bonchev–Trinajstić information content (AvgIpc) is 2.89. The van der Waals surface area contributed by atoms with Crippen molar-refractivity contribution in [3.05, 3.63) is 99.2 Å². The van der Waals surface area contributed by atoms with Gasteiger partial charge in [-0.15, -0.1) is 0 Å². The van der Waals surface area contributed by atoms with Crippen LogP contribution in [0.5, 0.6) is 0 Å². The Morgan fingerprint density at radius 3 is 2.20 bits per heavy atom. The van der Waals surface area contributed by atoms with Crippen LogP contribution in [0.3, 0.4) is 0 Å². The normalized spacial score (nSPS) is 10.8. The van der Waals surface area contributed by atoms with Crippen molar-refractivity contribution >= 4 is 28.5 Å². The second-order valence-corrected chi connectivity index (χ2v) is 8.22. The quantitative estimate of drug-likeness (QED) is 0.352. The van der Waals surface area contributed by atoms with E-state index in [0.29, 0.717) is 11.3 Å². The van der Waals surface area contributed by atoms with Gasteiger partial charge in [0.15, 0.2) is 17.6 Å². The number of fused-ring (bicyclic) bond motifs is 1. The van der Waals surface area contributed by atoms with E-state index in [1.54, 1.807) is 19.1 Å². The highest BCUT2D eigenvalue weighted by Gasteiger charge is 2.20. The molecule has 0 bridgehead atoms. The molecule has 0 aliphatic carbocycles. The standard InChI is InChI=1S/C29H27NO5/c1-4-19-13-9-14-20(5-2)25(19)30-24(31)17-34-29(33)23-16-10-15-22-26(32)18(3)27(35-28(22)23)21-11-7-6-8-12-21/h6-16H,4-5,17H2,1-3H3,(H,30,31). The van der Waals surface area contributed by atoms with Crippen LogP contribution >= 0.6 is 0 Å². The fourth-order valence-electron chi connectivity index (χ4n) is 4.12. The Morgan fingerprint density at radius 2 is 1.54 bits per heavy atom. The minimum absolute atomic E-state index is 0.0905. The van der Waals surface area contributed by atoms with Gasteiger partial charge in [-0.3, -0.25) is 9.59 Å². The summed E-state index contributed by atoms with van der Waals surface area (Å²) in [6.45, 7) is 5.27. The van der Waals surface area contributed by atoms with Crippen molar-refractivity contribution in [1.82, 2.24) is 0 Å². The van der Waals surface area contributed by atoms with E-state index < -0.39 is 18.5 Å². The first-order chi connectivity index (χ1) is 16.9. The Bertz CT molecular complexity index is 1430. The minimum Gasteiger partial charge on any atom is -0.455 e. The second-order valence-electron chi connectivity index (χ2n) is 8.22. The number of hydrogen-bond acceptors (Lipinski definition) is 5. The van der Waals surface area contributed by atoms with Gasteiger partial charge in [0.25, 0.3) is 5.91 Å². The number of amides is 1. The zero-order chi connectivity index (χ0) is 24.9. The van der Waals surface area contributed by atoms with Gasteiger partial charge < -0.3 is 14.5 Å². The van der Waals surface area contributed by atoms with E-state index in [1.165, 1.54) is 6.07 Å². The molecule has 3 aromatic carbocycles. The van der Waals surface area contributed by atoms with Crippen molar-refractivity contribution in [1.29, 1.82) is 0 Å². The van der Waals surface area contributed by atoms with Crippen LogP contribution in [0.4, 0.5) is 5.69 Å². The van der Waals surface area contributed by atoms with E-state index >= 15 is 0 Å². The first-order valence-electron chi connectivity index (χ1n) is 11.6. The monoisotopic (exact) mass is 469 g/mol. The Hall–Kier alpha value is -4.19. The van der Waals surface area contributed by atoms with E-state index in [4.69, 9.17) is 9.15 Å². The van der Waals surface area contributed by atoms with Gasteiger partial charge in [0.1, 0.15) is 11.3 Å². The molecule has 0 aliphatic heterocycles. The van der Waals surface area contributed by atoms with Crippen molar-refractivity contribution in [2.24, 2.45) is 0 Å². The number of carbonyl (C=O) groups excluding carboxylic acids is 2. The molecule has 1 amide bonds. The molecule has 0 unspecified atom stereocenters. The third-order valence-electron chi connectivity index (χ3n) is 6.00. The molecule has 178 valence electrons. The number of nitrogens with one attached hydrogen (secondary N) is 1. The summed E-state index contributed by atoms with van der Waals surface area (Å²) >= 11 is 0. The van der Waals surface area contributed by atoms with Gasteiger partial charge in [0.05, 0.1) is 5.39 Å². The maximum atomic E-state index is 13.0. The number of carbonyl (C=O) groups is 2. The van der Waals surface area contributed by atoms with Crippen LogP contribution in [0.1, 0.15) is 40.9 Å². The predicted molar refractivity (Wildman–Crippen MR) is 137 cm³/mol. The lowest BCUT2D eigenvalue weighted by Gasteiger charge is -2.14. The predicted octanol–water partition coefficient (Wildman–Crippen LogP) is 5.69. The first-order valence-corrected chi connectivity index (χ1v) is 11.6. The lowest BCUT2D eigenvalue weighted by atomic mass is 10.0. The minimum atomic E-state index is -0.740. The summed E-state index contributed by atoms with van der Waals surface area (Å²) in [4.78, 5) is 38.6. The fourth-order valence-corrected chi connectivity index (χ4v) is 4.12. The Morgan fingerprint density at radius 1 is 0.886 bits per heavy atom. The molecule has 0 saturated heterocycles. The second kappa shape index (κ2) is 10.4. The highest BCUT2D eigenvalue weighted by molar-refractivity contribution is 6.03. The van der Waals surface area contributed by atoms with Crippen molar-refractivity contribution in [2.45, 2.75) is 33.6 Å². The highest BCUT2D eigenvalue weighted by atomic mass is 16.5. The molecule has 0 fully saturated rings. The van der Waals surface area contributed by atoms with Gasteiger partial charge in [-0.05, 0) is 43.0 Å². The van der Waals surface area contributed by atoms with Crippen molar-refractivity contribution in [3.8, 4) is 11.3 Å². The summed E-state index contributed by atoms with van der Waals surface area (Å²) in [5, 5.41) is 3.17. The molecule has 0 saturated carbocycles. The van der Waals surface area contributed by atoms with Crippen LogP contribution in [0.2, 0.25) is 0 Å². The lowest BCUT2D eigenvalue weighted by Crippen LogP contribution is -2.22. The maximum Gasteiger partial charge on any atom is 0.342 e. The number of para-hydroxylation sites is 2. The summed E-state index contributed by atoms with van der Waals surface area (Å²) in [5.41, 5.74) is 3.98. The number of rotatable bonds is 7. The summed E-state index contributed by atoms with van der Waals surface area (Å²) in [5.74, 6) is -0.780. The van der Waals surface area contributed by atoms with Gasteiger partial charge in [-0.25, -0.2) is 4.79 Å². The number of benzene rings is 3. The summed E-state index contributed by atoms with van der Waals surface area (Å²) in [6.07, 6.45) is 1.53. The van der Waals surface area contributed by atoms with E-state index in [2.05, 4.69) is 5.32 Å². The van der Waals surface area contributed by atoms with E-state index in [1.807, 2.05) is 62.4 Å². The summed E-state index contributed by atoms with van der Waals surface area (Å²) < 4.78 is 11.4. The van der Waals surface area contributed by atoms with Crippen LogP contribution in [0.25, 0.3) is 22.3 Å². The van der Waals surface area contributed by atoms with Crippen LogP contribution in [-0.4, -0.2) is 18.5 Å². The SMILES string of the molecule is CCc1cccc(CC)c1NC(=O)COC(=O)c1cccc2c(=O)c(C)c(-c3ccccc3)oc12. The third-order valence-corrected chi connectivity index (χ3v) is 6.00. The molecule has 1 N–H and O–H groups in total.